The molecule has 0 radical (unpaired) electrons. The van der Waals surface area contributed by atoms with Gasteiger partial charge >= 0.3 is 0 Å². The predicted octanol–water partition coefficient (Wildman–Crippen LogP) is 2.08. The van der Waals surface area contributed by atoms with Crippen LogP contribution in [-0.4, -0.2) is 61.6 Å². The van der Waals surface area contributed by atoms with Gasteiger partial charge in [0.15, 0.2) is 5.60 Å². The Bertz CT molecular complexity index is 993. The molecule has 1 amide bonds. The van der Waals surface area contributed by atoms with Crippen molar-refractivity contribution in [3.63, 3.8) is 0 Å². The van der Waals surface area contributed by atoms with E-state index in [1.807, 2.05) is 18.2 Å². The molecule has 2 aromatic rings. The first-order valence-electron chi connectivity index (χ1n) is 9.82. The van der Waals surface area contributed by atoms with Gasteiger partial charge in [0.25, 0.3) is 5.91 Å². The highest BCUT2D eigenvalue weighted by atomic mass is 16.6. The van der Waals surface area contributed by atoms with Crippen LogP contribution in [0.25, 0.3) is 0 Å². The van der Waals surface area contributed by atoms with Gasteiger partial charge in [0.2, 0.25) is 0 Å². The Kier molecular flexibility index (Phi) is 5.48. The van der Waals surface area contributed by atoms with E-state index in [1.165, 1.54) is 14.2 Å². The molecule has 30 heavy (non-hydrogen) atoms. The Morgan fingerprint density at radius 1 is 1.23 bits per heavy atom. The number of hydrogen-bond acceptors (Lipinski definition) is 6. The number of carbonyl (C=O) groups excluding carboxylic acids is 1. The molecule has 2 aliphatic heterocycles. The number of carbonyl (C=O) groups is 1. The maximum atomic E-state index is 13.4. The number of fused-ring (bicyclic) bond motifs is 2. The maximum Gasteiger partial charge on any atom is 0.254 e. The van der Waals surface area contributed by atoms with Crippen LogP contribution in [0.3, 0.4) is 0 Å². The number of ether oxygens (including phenoxy) is 3. The zero-order chi connectivity index (χ0) is 21.3. The van der Waals surface area contributed by atoms with Crippen LogP contribution in [0, 0.1) is 11.3 Å². The van der Waals surface area contributed by atoms with Crippen molar-refractivity contribution < 1.29 is 24.1 Å². The molecular formula is C23H24N2O5. The standard InChI is InChI=1S/C23H24N2O5/c1-28-13-23(14-29-2)21(26)20(18-11-15(12-24)7-8-19(18)30-23)25-10-9-16-5-3-4-6-17(16)22(25)27/h3-8,11,20-21,26H,9-10,13-14H2,1-2H3/t20-,21+/m1/s1. The van der Waals surface area contributed by atoms with Gasteiger partial charge in [-0.1, -0.05) is 18.2 Å². The highest BCUT2D eigenvalue weighted by molar-refractivity contribution is 5.97. The van der Waals surface area contributed by atoms with Gasteiger partial charge in [-0.25, -0.2) is 0 Å². The third kappa shape index (κ3) is 3.23. The Balaban J connectivity index is 1.84. The van der Waals surface area contributed by atoms with E-state index in [0.29, 0.717) is 35.4 Å². The first-order chi connectivity index (χ1) is 14.5. The molecule has 0 fully saturated rings. The van der Waals surface area contributed by atoms with E-state index in [1.54, 1.807) is 29.2 Å². The lowest BCUT2D eigenvalue weighted by Crippen LogP contribution is -2.62. The first kappa shape index (κ1) is 20.4. The lowest BCUT2D eigenvalue weighted by Gasteiger charge is -2.49. The number of aliphatic hydroxyl groups excluding tert-OH is 1. The van der Waals surface area contributed by atoms with E-state index in [9.17, 15) is 15.2 Å². The maximum absolute atomic E-state index is 13.4. The van der Waals surface area contributed by atoms with Gasteiger partial charge in [-0.05, 0) is 36.2 Å². The van der Waals surface area contributed by atoms with Crippen molar-refractivity contribution >= 4 is 5.91 Å². The highest BCUT2D eigenvalue weighted by Crippen LogP contribution is 2.45. The van der Waals surface area contributed by atoms with E-state index in [2.05, 4.69) is 6.07 Å². The summed E-state index contributed by atoms with van der Waals surface area (Å²) in [5, 5.41) is 20.9. The van der Waals surface area contributed by atoms with E-state index < -0.39 is 17.7 Å². The van der Waals surface area contributed by atoms with Gasteiger partial charge in [-0.2, -0.15) is 5.26 Å². The van der Waals surface area contributed by atoms with Crippen molar-refractivity contribution in [3.8, 4) is 11.8 Å². The molecule has 2 aliphatic rings. The van der Waals surface area contributed by atoms with Crippen LogP contribution in [0.1, 0.15) is 33.1 Å². The molecule has 0 spiro atoms. The second-order valence-corrected chi connectivity index (χ2v) is 7.69. The van der Waals surface area contributed by atoms with Gasteiger partial charge in [0.1, 0.15) is 11.9 Å². The molecule has 4 rings (SSSR count). The molecule has 156 valence electrons. The Morgan fingerprint density at radius 2 is 1.97 bits per heavy atom. The zero-order valence-corrected chi connectivity index (χ0v) is 17.0. The molecule has 2 heterocycles. The fourth-order valence-electron chi connectivity index (χ4n) is 4.49. The summed E-state index contributed by atoms with van der Waals surface area (Å²) < 4.78 is 16.9. The second kappa shape index (κ2) is 8.07. The second-order valence-electron chi connectivity index (χ2n) is 7.69. The fraction of sp³-hybridized carbons (Fsp3) is 0.391. The summed E-state index contributed by atoms with van der Waals surface area (Å²) in [5.74, 6) is 0.352. The Labute approximate surface area is 175 Å². The molecule has 7 nitrogen and oxygen atoms in total. The first-order valence-corrected chi connectivity index (χ1v) is 9.82. The van der Waals surface area contributed by atoms with E-state index in [-0.39, 0.29) is 19.1 Å². The number of rotatable bonds is 5. The number of methoxy groups -OCH3 is 2. The molecule has 0 saturated heterocycles. The SMILES string of the molecule is COCC1(COC)Oc2ccc(C#N)cc2[C@@H](N2CCc3ccccc3C2=O)[C@@H]1O. The van der Waals surface area contributed by atoms with Gasteiger partial charge in [0.05, 0.1) is 30.9 Å². The summed E-state index contributed by atoms with van der Waals surface area (Å²) >= 11 is 0. The topological polar surface area (TPSA) is 92.0 Å². The summed E-state index contributed by atoms with van der Waals surface area (Å²) in [5.41, 5.74) is 1.48. The molecule has 0 aliphatic carbocycles. The fourth-order valence-corrected chi connectivity index (χ4v) is 4.49. The van der Waals surface area contributed by atoms with Crippen molar-refractivity contribution in [2.75, 3.05) is 34.0 Å². The summed E-state index contributed by atoms with van der Waals surface area (Å²) in [4.78, 5) is 15.1. The molecule has 0 bridgehead atoms. The van der Waals surface area contributed by atoms with Crippen molar-refractivity contribution in [2.24, 2.45) is 0 Å². The van der Waals surface area contributed by atoms with Crippen molar-refractivity contribution in [1.82, 2.24) is 4.90 Å². The number of nitriles is 1. The molecule has 0 aromatic heterocycles. The van der Waals surface area contributed by atoms with Crippen molar-refractivity contribution in [1.29, 1.82) is 5.26 Å². The highest BCUT2D eigenvalue weighted by Gasteiger charge is 2.53. The van der Waals surface area contributed by atoms with Gasteiger partial charge in [-0.3, -0.25) is 4.79 Å². The molecule has 7 heteroatoms. The van der Waals surface area contributed by atoms with Crippen LogP contribution in [0.4, 0.5) is 0 Å². The summed E-state index contributed by atoms with van der Waals surface area (Å²) in [6, 6.07) is 14.0. The minimum Gasteiger partial charge on any atom is -0.479 e. The lowest BCUT2D eigenvalue weighted by atomic mass is 9.82. The Morgan fingerprint density at radius 3 is 2.67 bits per heavy atom. The number of aliphatic hydroxyl groups is 1. The largest absolute Gasteiger partial charge is 0.479 e. The van der Waals surface area contributed by atoms with Crippen molar-refractivity contribution in [3.05, 3.63) is 64.7 Å². The smallest absolute Gasteiger partial charge is 0.254 e. The van der Waals surface area contributed by atoms with Crippen LogP contribution < -0.4 is 4.74 Å². The van der Waals surface area contributed by atoms with Gasteiger partial charge in [-0.15, -0.1) is 0 Å². The third-order valence-electron chi connectivity index (χ3n) is 5.85. The summed E-state index contributed by atoms with van der Waals surface area (Å²) in [6.07, 6.45) is -0.436. The van der Waals surface area contributed by atoms with Gasteiger partial charge in [0, 0.05) is 31.9 Å². The van der Waals surface area contributed by atoms with Crippen LogP contribution in [0.2, 0.25) is 0 Å². The Hall–Kier alpha value is -2.92. The quantitative estimate of drug-likeness (QED) is 0.815. The third-order valence-corrected chi connectivity index (χ3v) is 5.85. The number of amides is 1. The van der Waals surface area contributed by atoms with Crippen LogP contribution in [0.15, 0.2) is 42.5 Å². The average Bonchev–Trinajstić information content (AvgIpc) is 2.76. The summed E-state index contributed by atoms with van der Waals surface area (Å²) in [6.45, 7) is 0.608. The molecule has 1 N–H and O–H groups in total. The van der Waals surface area contributed by atoms with Crippen LogP contribution in [0.5, 0.6) is 5.75 Å². The molecule has 0 unspecified atom stereocenters. The van der Waals surface area contributed by atoms with Crippen LogP contribution >= 0.6 is 0 Å². The number of hydrogen-bond donors (Lipinski definition) is 1. The summed E-state index contributed by atoms with van der Waals surface area (Å²) in [7, 11) is 3.05. The lowest BCUT2D eigenvalue weighted by molar-refractivity contribution is -0.159. The average molecular weight is 408 g/mol. The molecule has 2 atom stereocenters. The van der Waals surface area contributed by atoms with E-state index in [0.717, 1.165) is 5.56 Å². The number of benzene rings is 2. The predicted molar refractivity (Wildman–Crippen MR) is 108 cm³/mol. The zero-order valence-electron chi connectivity index (χ0n) is 17.0. The minimum atomic E-state index is -1.19. The monoisotopic (exact) mass is 408 g/mol. The molecule has 0 saturated carbocycles. The van der Waals surface area contributed by atoms with Crippen LogP contribution in [-0.2, 0) is 15.9 Å². The normalized spacial score (nSPS) is 21.9. The number of nitrogens with zero attached hydrogens (tertiary/aromatic N) is 2. The van der Waals surface area contributed by atoms with Crippen molar-refractivity contribution in [2.45, 2.75) is 24.2 Å². The van der Waals surface area contributed by atoms with E-state index >= 15 is 0 Å². The minimum absolute atomic E-state index is 0.0799. The van der Waals surface area contributed by atoms with Gasteiger partial charge < -0.3 is 24.2 Å². The molecule has 2 aromatic carbocycles. The van der Waals surface area contributed by atoms with E-state index in [4.69, 9.17) is 14.2 Å². The molecular weight excluding hydrogens is 384 g/mol.